The number of carbonyl (C=O) groups excluding carboxylic acids is 1. The van der Waals surface area contributed by atoms with E-state index < -0.39 is 57.5 Å². The minimum Gasteiger partial charge on any atom is -0.384 e. The SMILES string of the molecule is C[C@@H](O)C(=O)N1C2CC(F)(C2)[C@H](NS(C)(=O)=O)[C@@H]1Cc1cc(F)cc(-c2ccccc2)c1F. The second kappa shape index (κ2) is 8.41. The Morgan fingerprint density at radius 2 is 1.88 bits per heavy atom. The Balaban J connectivity index is 1.79. The molecule has 6 nitrogen and oxygen atoms in total. The molecule has 178 valence electrons. The monoisotopic (exact) mass is 482 g/mol. The van der Waals surface area contributed by atoms with Gasteiger partial charge in [0.1, 0.15) is 23.4 Å². The van der Waals surface area contributed by atoms with Crippen LogP contribution in [0.15, 0.2) is 42.5 Å². The Hall–Kier alpha value is -2.43. The molecule has 1 saturated carbocycles. The lowest BCUT2D eigenvalue weighted by molar-refractivity contribution is -0.174. The highest BCUT2D eigenvalue weighted by Crippen LogP contribution is 2.50. The number of halogens is 3. The van der Waals surface area contributed by atoms with Gasteiger partial charge >= 0.3 is 0 Å². The van der Waals surface area contributed by atoms with Crippen LogP contribution in [0.25, 0.3) is 11.1 Å². The molecule has 1 amide bonds. The number of hydrogen-bond donors (Lipinski definition) is 2. The Morgan fingerprint density at radius 1 is 1.24 bits per heavy atom. The van der Waals surface area contributed by atoms with Gasteiger partial charge in [-0.3, -0.25) is 4.79 Å². The number of sulfonamides is 1. The summed E-state index contributed by atoms with van der Waals surface area (Å²) in [6.45, 7) is 1.25. The summed E-state index contributed by atoms with van der Waals surface area (Å²) in [7, 11) is -3.89. The molecule has 3 aliphatic rings. The number of rotatable bonds is 6. The van der Waals surface area contributed by atoms with Crippen molar-refractivity contribution in [2.45, 2.75) is 56.1 Å². The molecule has 2 heterocycles. The summed E-state index contributed by atoms with van der Waals surface area (Å²) in [5.74, 6) is -2.17. The fraction of sp³-hybridized carbons (Fsp3) is 0.435. The summed E-state index contributed by atoms with van der Waals surface area (Å²) >= 11 is 0. The van der Waals surface area contributed by atoms with Gasteiger partial charge in [0.15, 0.2) is 0 Å². The van der Waals surface area contributed by atoms with Crippen LogP contribution in [0.5, 0.6) is 0 Å². The van der Waals surface area contributed by atoms with Crippen LogP contribution in [0.3, 0.4) is 0 Å². The van der Waals surface area contributed by atoms with E-state index in [0.717, 1.165) is 18.4 Å². The molecule has 2 aliphatic heterocycles. The number of hydrogen-bond acceptors (Lipinski definition) is 4. The van der Waals surface area contributed by atoms with Crippen LogP contribution in [0, 0.1) is 11.6 Å². The van der Waals surface area contributed by atoms with Gasteiger partial charge in [-0.15, -0.1) is 0 Å². The zero-order valence-electron chi connectivity index (χ0n) is 18.1. The predicted molar refractivity (Wildman–Crippen MR) is 116 cm³/mol. The van der Waals surface area contributed by atoms with Gasteiger partial charge in [-0.05, 0) is 36.6 Å². The van der Waals surface area contributed by atoms with Gasteiger partial charge in [-0.1, -0.05) is 30.3 Å². The van der Waals surface area contributed by atoms with Crippen LogP contribution in [0.4, 0.5) is 13.2 Å². The van der Waals surface area contributed by atoms with Crippen LogP contribution in [-0.4, -0.2) is 60.5 Å². The van der Waals surface area contributed by atoms with Gasteiger partial charge in [0.05, 0.1) is 18.3 Å². The normalized spacial score (nSPS) is 27.7. The largest absolute Gasteiger partial charge is 0.384 e. The molecule has 0 spiro atoms. The van der Waals surface area contributed by atoms with Crippen molar-refractivity contribution in [3.05, 3.63) is 59.7 Å². The van der Waals surface area contributed by atoms with E-state index >= 15 is 8.78 Å². The molecule has 2 saturated heterocycles. The third-order valence-corrected chi connectivity index (χ3v) is 7.10. The summed E-state index contributed by atoms with van der Waals surface area (Å²) in [5.41, 5.74) is -1.61. The van der Waals surface area contributed by atoms with E-state index in [0.29, 0.717) is 5.56 Å². The second-order valence-electron chi connectivity index (χ2n) is 8.95. The van der Waals surface area contributed by atoms with Gasteiger partial charge < -0.3 is 10.0 Å². The fourth-order valence-corrected chi connectivity index (χ4v) is 5.82. The average Bonchev–Trinajstić information content (AvgIpc) is 2.71. The van der Waals surface area contributed by atoms with Crippen molar-refractivity contribution >= 4 is 15.9 Å². The number of aliphatic hydroxyl groups excluding tert-OH is 1. The van der Waals surface area contributed by atoms with E-state index in [9.17, 15) is 22.7 Å². The third-order valence-electron chi connectivity index (χ3n) is 6.42. The first-order valence-electron chi connectivity index (χ1n) is 10.6. The molecule has 3 atom stereocenters. The second-order valence-corrected chi connectivity index (χ2v) is 10.7. The van der Waals surface area contributed by atoms with Crippen molar-refractivity contribution in [1.29, 1.82) is 0 Å². The fourth-order valence-electron chi connectivity index (χ4n) is 4.99. The van der Waals surface area contributed by atoms with Gasteiger partial charge in [0.25, 0.3) is 5.91 Å². The lowest BCUT2D eigenvalue weighted by Crippen LogP contribution is -2.77. The number of benzene rings is 2. The molecule has 0 unspecified atom stereocenters. The number of aliphatic hydroxyl groups is 1. The molecule has 2 bridgehead atoms. The number of amides is 1. The quantitative estimate of drug-likeness (QED) is 0.663. The lowest BCUT2D eigenvalue weighted by atomic mass is 9.64. The van der Waals surface area contributed by atoms with E-state index in [2.05, 4.69) is 4.72 Å². The molecule has 2 aromatic carbocycles. The molecule has 1 aliphatic carbocycles. The summed E-state index contributed by atoms with van der Waals surface area (Å²) in [5, 5.41) is 9.91. The molecular formula is C23H25F3N2O4S. The van der Waals surface area contributed by atoms with Crippen molar-refractivity contribution < 1.29 is 31.5 Å². The smallest absolute Gasteiger partial charge is 0.251 e. The van der Waals surface area contributed by atoms with E-state index in [1.165, 1.54) is 11.8 Å². The van der Waals surface area contributed by atoms with Crippen molar-refractivity contribution in [3.63, 3.8) is 0 Å². The van der Waals surface area contributed by atoms with Gasteiger partial charge in [-0.2, -0.15) is 0 Å². The average molecular weight is 483 g/mol. The van der Waals surface area contributed by atoms with Gasteiger partial charge in [0.2, 0.25) is 10.0 Å². The summed E-state index contributed by atoms with van der Waals surface area (Å²) in [6.07, 6.45) is -1.09. The number of nitrogens with one attached hydrogen (secondary N) is 1. The van der Waals surface area contributed by atoms with Crippen LogP contribution < -0.4 is 4.72 Å². The minimum absolute atomic E-state index is 0.00237. The number of carbonyl (C=O) groups is 1. The minimum atomic E-state index is -3.89. The first kappa shape index (κ1) is 23.7. The standard InChI is InChI=1S/C23H25F3N2O4S/c1-13(29)22(30)28-17-11-23(26,12-17)21(27-33(2,31)32)19(28)9-15-8-16(24)10-18(20(15)25)14-6-4-3-5-7-14/h3-8,10,13,17,19,21,27,29H,9,11-12H2,1-2H3/t13-,17?,19+,21-,23?/m1/s1. The maximum absolute atomic E-state index is 15.6. The van der Waals surface area contributed by atoms with E-state index in [1.54, 1.807) is 30.3 Å². The molecule has 33 heavy (non-hydrogen) atoms. The molecular weight excluding hydrogens is 457 g/mol. The highest BCUT2D eigenvalue weighted by atomic mass is 32.2. The van der Waals surface area contributed by atoms with Crippen LogP contribution in [0.1, 0.15) is 25.3 Å². The highest BCUT2D eigenvalue weighted by Gasteiger charge is 2.63. The van der Waals surface area contributed by atoms with E-state index in [-0.39, 0.29) is 30.4 Å². The summed E-state index contributed by atoms with van der Waals surface area (Å²) in [4.78, 5) is 14.0. The zero-order valence-corrected chi connectivity index (χ0v) is 18.9. The lowest BCUT2D eigenvalue weighted by Gasteiger charge is -2.61. The van der Waals surface area contributed by atoms with E-state index in [4.69, 9.17) is 0 Å². The number of fused-ring (bicyclic) bond motifs is 2. The van der Waals surface area contributed by atoms with Crippen molar-refractivity contribution in [3.8, 4) is 11.1 Å². The van der Waals surface area contributed by atoms with Crippen molar-refractivity contribution in [2.24, 2.45) is 0 Å². The van der Waals surface area contributed by atoms with E-state index in [1.807, 2.05) is 0 Å². The number of alkyl halides is 1. The van der Waals surface area contributed by atoms with Gasteiger partial charge in [-0.25, -0.2) is 26.3 Å². The van der Waals surface area contributed by atoms with Gasteiger partial charge in [0, 0.05) is 24.4 Å². The zero-order chi connectivity index (χ0) is 24.1. The molecule has 10 heteroatoms. The molecule has 0 aromatic heterocycles. The molecule has 0 radical (unpaired) electrons. The van der Waals surface area contributed by atoms with Crippen LogP contribution in [0.2, 0.25) is 0 Å². The molecule has 2 N–H and O–H groups in total. The summed E-state index contributed by atoms with van der Waals surface area (Å²) in [6, 6.07) is 7.25. The van der Waals surface area contributed by atoms with Crippen LogP contribution >= 0.6 is 0 Å². The number of nitrogens with zero attached hydrogens (tertiary/aromatic N) is 1. The van der Waals surface area contributed by atoms with Crippen molar-refractivity contribution in [1.82, 2.24) is 9.62 Å². The molecule has 2 aromatic rings. The Kier molecular flexibility index (Phi) is 6.05. The molecule has 5 rings (SSSR count). The Bertz CT molecular complexity index is 1170. The number of piperidine rings is 2. The van der Waals surface area contributed by atoms with Crippen molar-refractivity contribution in [2.75, 3.05) is 6.26 Å². The third kappa shape index (κ3) is 4.51. The predicted octanol–water partition coefficient (Wildman–Crippen LogP) is 2.55. The Labute approximate surface area is 190 Å². The topological polar surface area (TPSA) is 86.7 Å². The highest BCUT2D eigenvalue weighted by molar-refractivity contribution is 7.88. The van der Waals surface area contributed by atoms with Crippen LogP contribution in [-0.2, 0) is 21.2 Å². The summed E-state index contributed by atoms with van der Waals surface area (Å²) < 4.78 is 71.8. The Morgan fingerprint density at radius 3 is 2.45 bits per heavy atom. The maximum atomic E-state index is 15.6. The maximum Gasteiger partial charge on any atom is 0.251 e. The first-order valence-corrected chi connectivity index (χ1v) is 12.5. The molecule has 3 fully saturated rings. The first-order chi connectivity index (χ1) is 15.4.